The second kappa shape index (κ2) is 8.86. The van der Waals surface area contributed by atoms with Gasteiger partial charge >= 0.3 is 7.52 Å². The Hall–Kier alpha value is -2.64. The summed E-state index contributed by atoms with van der Waals surface area (Å²) >= 11 is 0. The Morgan fingerprint density at radius 1 is 1.26 bits per heavy atom. The Balaban J connectivity index is 2.16. The SMILES string of the molecule is CCOP1(=O)N=C(C2=C(O)[C@H](C(C)(C)C)N(CCC(C)(C)C)C2=O)Nc2c(C(N)=O)cccc21. The van der Waals surface area contributed by atoms with Gasteiger partial charge in [-0.05, 0) is 36.3 Å². The number of aliphatic hydroxyl groups is 1. The molecule has 34 heavy (non-hydrogen) atoms. The lowest BCUT2D eigenvalue weighted by atomic mass is 9.84. The molecule has 0 bridgehead atoms. The molecule has 4 N–H and O–H groups in total. The minimum atomic E-state index is -3.85. The Bertz CT molecular complexity index is 1130. The van der Waals surface area contributed by atoms with E-state index in [2.05, 4.69) is 30.9 Å². The van der Waals surface area contributed by atoms with E-state index in [1.165, 1.54) is 6.07 Å². The van der Waals surface area contributed by atoms with Gasteiger partial charge in [0.05, 0.1) is 29.2 Å². The van der Waals surface area contributed by atoms with Crippen LogP contribution in [0.2, 0.25) is 0 Å². The predicted octanol–water partition coefficient (Wildman–Crippen LogP) is 3.97. The fraction of sp³-hybridized carbons (Fsp3) is 0.542. The average Bonchev–Trinajstić information content (AvgIpc) is 2.95. The summed E-state index contributed by atoms with van der Waals surface area (Å²) in [5.74, 6) is -1.39. The second-order valence-corrected chi connectivity index (χ2v) is 12.9. The van der Waals surface area contributed by atoms with Crippen molar-refractivity contribution in [3.05, 3.63) is 35.1 Å². The lowest BCUT2D eigenvalue weighted by Crippen LogP contribution is -2.45. The maximum atomic E-state index is 13.8. The summed E-state index contributed by atoms with van der Waals surface area (Å²) in [4.78, 5) is 27.4. The van der Waals surface area contributed by atoms with Crippen LogP contribution in [0.4, 0.5) is 5.69 Å². The molecule has 0 aromatic heterocycles. The topological polar surface area (TPSA) is 134 Å². The van der Waals surface area contributed by atoms with E-state index in [1.54, 1.807) is 24.0 Å². The van der Waals surface area contributed by atoms with E-state index in [0.29, 0.717) is 6.54 Å². The van der Waals surface area contributed by atoms with Gasteiger partial charge in [0.15, 0.2) is 5.84 Å². The molecule has 3 rings (SSSR count). The molecule has 2 aliphatic heterocycles. The van der Waals surface area contributed by atoms with Crippen LogP contribution in [0, 0.1) is 10.8 Å². The highest BCUT2D eigenvalue weighted by molar-refractivity contribution is 7.66. The fourth-order valence-electron chi connectivity index (χ4n) is 4.27. The molecule has 2 aliphatic rings. The van der Waals surface area contributed by atoms with Crippen molar-refractivity contribution in [2.24, 2.45) is 21.3 Å². The van der Waals surface area contributed by atoms with Gasteiger partial charge in [0.1, 0.15) is 11.3 Å². The number of carbonyl (C=O) groups is 2. The third-order valence-corrected chi connectivity index (χ3v) is 7.91. The average molecular weight is 491 g/mol. The third-order valence-electron chi connectivity index (χ3n) is 5.85. The van der Waals surface area contributed by atoms with Gasteiger partial charge in [0.2, 0.25) is 0 Å². The Labute approximate surface area is 201 Å². The first-order valence-electron chi connectivity index (χ1n) is 11.4. The minimum Gasteiger partial charge on any atom is -0.509 e. The smallest absolute Gasteiger partial charge is 0.348 e. The molecule has 1 aromatic carbocycles. The van der Waals surface area contributed by atoms with Gasteiger partial charge < -0.3 is 25.6 Å². The molecule has 1 aromatic rings. The van der Waals surface area contributed by atoms with Crippen LogP contribution < -0.4 is 16.4 Å². The number of fused-ring (bicyclic) bond motifs is 1. The van der Waals surface area contributed by atoms with E-state index in [-0.39, 0.29) is 45.7 Å². The number of benzene rings is 1. The van der Waals surface area contributed by atoms with Gasteiger partial charge in [0.25, 0.3) is 11.8 Å². The van der Waals surface area contributed by atoms with E-state index in [1.807, 2.05) is 20.8 Å². The Morgan fingerprint density at radius 2 is 1.91 bits per heavy atom. The van der Waals surface area contributed by atoms with E-state index < -0.39 is 30.8 Å². The van der Waals surface area contributed by atoms with Crippen LogP contribution in [-0.2, 0) is 13.9 Å². The van der Waals surface area contributed by atoms with Gasteiger partial charge in [0, 0.05) is 6.54 Å². The Morgan fingerprint density at radius 3 is 2.44 bits per heavy atom. The van der Waals surface area contributed by atoms with Crippen molar-refractivity contribution in [2.75, 3.05) is 18.5 Å². The van der Waals surface area contributed by atoms with Crippen molar-refractivity contribution in [3.8, 4) is 0 Å². The van der Waals surface area contributed by atoms with Gasteiger partial charge in [-0.1, -0.05) is 47.6 Å². The van der Waals surface area contributed by atoms with Gasteiger partial charge in [-0.25, -0.2) is 0 Å². The molecule has 2 atom stereocenters. The van der Waals surface area contributed by atoms with Crippen LogP contribution in [-0.4, -0.2) is 46.8 Å². The zero-order valence-electron chi connectivity index (χ0n) is 20.9. The largest absolute Gasteiger partial charge is 0.509 e. The van der Waals surface area contributed by atoms with Crippen LogP contribution >= 0.6 is 7.52 Å². The minimum absolute atomic E-state index is 0.0261. The van der Waals surface area contributed by atoms with Crippen LogP contribution in [0.15, 0.2) is 34.3 Å². The predicted molar refractivity (Wildman–Crippen MR) is 134 cm³/mol. The lowest BCUT2D eigenvalue weighted by molar-refractivity contribution is -0.128. The first-order chi connectivity index (χ1) is 15.6. The number of aliphatic hydroxyl groups excluding tert-OH is 1. The number of anilines is 1. The van der Waals surface area contributed by atoms with E-state index in [9.17, 15) is 19.3 Å². The molecule has 186 valence electrons. The number of primary amides is 1. The number of hydrogen-bond donors (Lipinski definition) is 3. The second-order valence-electron chi connectivity index (χ2n) is 10.9. The molecule has 1 unspecified atom stereocenters. The third kappa shape index (κ3) is 4.77. The first kappa shape index (κ1) is 26.0. The molecule has 0 saturated carbocycles. The summed E-state index contributed by atoms with van der Waals surface area (Å²) in [5, 5.41) is 14.5. The van der Waals surface area contributed by atoms with Crippen molar-refractivity contribution >= 4 is 36.2 Å². The number of nitrogens with zero attached hydrogens (tertiary/aromatic N) is 2. The summed E-state index contributed by atoms with van der Waals surface area (Å²) in [6.07, 6.45) is 0.720. The molecule has 0 spiro atoms. The van der Waals surface area contributed by atoms with E-state index in [4.69, 9.17) is 10.3 Å². The molecular weight excluding hydrogens is 455 g/mol. The molecule has 0 radical (unpaired) electrons. The summed E-state index contributed by atoms with van der Waals surface area (Å²) in [6, 6.07) is 3.99. The highest BCUT2D eigenvalue weighted by Gasteiger charge is 2.49. The van der Waals surface area contributed by atoms with Crippen LogP contribution in [0.3, 0.4) is 0 Å². The molecule has 0 saturated heterocycles. The molecular formula is C24H35N4O5P. The number of hydrogen-bond acceptors (Lipinski definition) is 6. The summed E-state index contributed by atoms with van der Waals surface area (Å²) in [7, 11) is -3.85. The number of para-hydroxylation sites is 1. The first-order valence-corrected chi connectivity index (χ1v) is 13.0. The van der Waals surface area contributed by atoms with Gasteiger partial charge in [-0.2, -0.15) is 4.76 Å². The molecule has 2 heterocycles. The standard InChI is InChI=1S/C24H35N4O5P/c1-8-33-34(32)15-11-9-10-14(20(25)30)17(15)26-21(27-34)16-18(29)19(24(5,6)7)28(22(16)31)13-12-23(2,3)4/h9-11,19,29H,8,12-13H2,1-7H3,(H2,25,30)(H,26,27,32)/t19-,34?/m1/s1. The maximum absolute atomic E-state index is 13.8. The number of nitrogens with two attached hydrogens (primary N) is 1. The van der Waals surface area contributed by atoms with Crippen LogP contribution in [0.25, 0.3) is 0 Å². The van der Waals surface area contributed by atoms with Crippen molar-refractivity contribution in [1.82, 2.24) is 4.90 Å². The molecule has 0 fully saturated rings. The lowest BCUT2D eigenvalue weighted by Gasteiger charge is -2.36. The normalized spacial score (nSPS) is 23.0. The summed E-state index contributed by atoms with van der Waals surface area (Å²) in [6.45, 7) is 14.3. The maximum Gasteiger partial charge on any atom is 0.348 e. The number of rotatable bonds is 6. The fourth-order valence-corrected chi connectivity index (χ4v) is 6.07. The molecule has 9 nitrogen and oxygen atoms in total. The molecule has 2 amide bonds. The molecule has 0 aliphatic carbocycles. The highest BCUT2D eigenvalue weighted by Crippen LogP contribution is 2.53. The summed E-state index contributed by atoms with van der Waals surface area (Å²) < 4.78 is 23.7. The van der Waals surface area contributed by atoms with E-state index >= 15 is 0 Å². The number of amidine groups is 1. The quantitative estimate of drug-likeness (QED) is 0.517. The van der Waals surface area contributed by atoms with E-state index in [0.717, 1.165) is 6.42 Å². The monoisotopic (exact) mass is 490 g/mol. The number of nitrogens with one attached hydrogen (secondary N) is 1. The zero-order chi connectivity index (χ0) is 25.6. The van der Waals surface area contributed by atoms with Crippen molar-refractivity contribution in [2.45, 2.75) is 60.9 Å². The highest BCUT2D eigenvalue weighted by atomic mass is 31.2. The van der Waals surface area contributed by atoms with Gasteiger partial charge in [-0.3, -0.25) is 14.2 Å². The zero-order valence-corrected chi connectivity index (χ0v) is 21.8. The number of carbonyl (C=O) groups excluding carboxylic acids is 2. The Kier molecular flexibility index (Phi) is 6.77. The summed E-state index contributed by atoms with van der Waals surface area (Å²) in [5.41, 5.74) is 5.24. The van der Waals surface area contributed by atoms with Gasteiger partial charge in [-0.15, -0.1) is 0 Å². The molecule has 10 heteroatoms. The van der Waals surface area contributed by atoms with Crippen molar-refractivity contribution < 1.29 is 23.8 Å². The van der Waals surface area contributed by atoms with Crippen LogP contribution in [0.1, 0.15) is 65.2 Å². The van der Waals surface area contributed by atoms with Crippen molar-refractivity contribution in [3.63, 3.8) is 0 Å². The van der Waals surface area contributed by atoms with Crippen LogP contribution in [0.5, 0.6) is 0 Å². The number of amides is 2. The van der Waals surface area contributed by atoms with Crippen molar-refractivity contribution in [1.29, 1.82) is 0 Å².